The Morgan fingerprint density at radius 1 is 0.327 bits per heavy atom. The molecule has 0 bridgehead atoms. The molecule has 7 heteroatoms. The van der Waals surface area contributed by atoms with Crippen LogP contribution in [0, 0.1) is 0 Å². The van der Waals surface area contributed by atoms with Gasteiger partial charge < -0.3 is 29.7 Å². The maximum Gasteiger partial charge on any atom is 3.00 e. The average Bonchev–Trinajstić information content (AvgIpc) is 3.05. The molecule has 0 saturated heterocycles. The third kappa shape index (κ3) is 65.2. The summed E-state index contributed by atoms with van der Waals surface area (Å²) >= 11 is 0. The predicted octanol–water partition coefficient (Wildman–Crippen LogP) is 9.26. The Bertz CT molecular complexity index is 662. The minimum absolute atomic E-state index is 0. The molecule has 6 nitrogen and oxygen atoms in total. The second-order valence-electron chi connectivity index (χ2n) is 13.0. The van der Waals surface area contributed by atoms with E-state index in [0.717, 1.165) is 56.8 Å². The van der Waals surface area contributed by atoms with Gasteiger partial charge in [-0.25, -0.2) is 0 Å². The number of unbranched alkanes of at least 4 members (excludes halogenated alkanes) is 27. The molecule has 0 unspecified atom stereocenters. The second kappa shape index (κ2) is 50.5. The first-order valence-corrected chi connectivity index (χ1v) is 19.9. The molecule has 0 atom stereocenters. The van der Waals surface area contributed by atoms with Gasteiger partial charge in [0.25, 0.3) is 0 Å². The average molecular weight is 703 g/mol. The van der Waals surface area contributed by atoms with Crippen LogP contribution in [0.25, 0.3) is 0 Å². The molecule has 0 N–H and O–H groups in total. The molecule has 0 heterocycles. The fourth-order valence-electron chi connectivity index (χ4n) is 5.26. The molecular formula is C42H75AlO6. The number of carboxylic acid groups (broad SMARTS) is 3. The van der Waals surface area contributed by atoms with Gasteiger partial charge in [0, 0.05) is 0 Å². The van der Waals surface area contributed by atoms with Gasteiger partial charge in [-0.15, -0.1) is 0 Å². The number of aliphatic carboxylic acids is 3. The van der Waals surface area contributed by atoms with Crippen LogP contribution < -0.4 is 15.3 Å². The number of carbonyl (C=O) groups is 3. The van der Waals surface area contributed by atoms with E-state index in [-0.39, 0.29) is 17.4 Å². The molecule has 0 aliphatic rings. The van der Waals surface area contributed by atoms with E-state index in [0.29, 0.717) is 0 Å². The van der Waals surface area contributed by atoms with Gasteiger partial charge in [0.2, 0.25) is 0 Å². The molecule has 0 radical (unpaired) electrons. The van der Waals surface area contributed by atoms with Crippen LogP contribution in [0.4, 0.5) is 0 Å². The molecule has 0 aromatic heterocycles. The van der Waals surface area contributed by atoms with Gasteiger partial charge in [0.15, 0.2) is 0 Å². The number of carbonyl (C=O) groups excluding carboxylic acids is 3. The van der Waals surface area contributed by atoms with E-state index in [9.17, 15) is 29.7 Å². The Hall–Kier alpha value is -1.84. The minimum Gasteiger partial charge on any atom is -0.545 e. The fraction of sp³-hybridized carbons (Fsp3) is 0.786. The molecule has 0 aliphatic carbocycles. The first-order chi connectivity index (χ1) is 23.3. The number of hydrogen-bond acceptors (Lipinski definition) is 6. The van der Waals surface area contributed by atoms with Gasteiger partial charge in [0.05, 0.1) is 17.9 Å². The molecular weight excluding hydrogens is 627 g/mol. The van der Waals surface area contributed by atoms with Crippen LogP contribution in [0.3, 0.4) is 0 Å². The van der Waals surface area contributed by atoms with E-state index in [2.05, 4.69) is 20.8 Å². The molecule has 0 amide bonds. The zero-order valence-corrected chi connectivity index (χ0v) is 33.4. The summed E-state index contributed by atoms with van der Waals surface area (Å²) in [5.74, 6) is -3.26. The molecule has 0 fully saturated rings. The van der Waals surface area contributed by atoms with E-state index in [1.807, 2.05) is 0 Å². The predicted molar refractivity (Wildman–Crippen MR) is 204 cm³/mol. The van der Waals surface area contributed by atoms with Crippen molar-refractivity contribution in [2.75, 3.05) is 0 Å². The van der Waals surface area contributed by atoms with Crippen molar-refractivity contribution in [3.63, 3.8) is 0 Å². The van der Waals surface area contributed by atoms with Crippen LogP contribution in [0.15, 0.2) is 36.5 Å². The maximum atomic E-state index is 10.1. The number of carboxylic acids is 3. The monoisotopic (exact) mass is 703 g/mol. The Morgan fingerprint density at radius 3 is 0.653 bits per heavy atom. The summed E-state index contributed by atoms with van der Waals surface area (Å²) in [6, 6.07) is 0. The molecule has 0 spiro atoms. The second-order valence-corrected chi connectivity index (χ2v) is 13.0. The van der Waals surface area contributed by atoms with Crippen molar-refractivity contribution in [2.45, 2.75) is 213 Å². The van der Waals surface area contributed by atoms with E-state index in [1.165, 1.54) is 154 Å². The third-order valence-electron chi connectivity index (χ3n) is 8.18. The quantitative estimate of drug-likeness (QED) is 0.0382. The summed E-state index contributed by atoms with van der Waals surface area (Å²) in [7, 11) is 0. The summed E-state index contributed by atoms with van der Waals surface area (Å²) in [5, 5.41) is 30.2. The first kappa shape index (κ1) is 53.9. The Morgan fingerprint density at radius 2 is 0.490 bits per heavy atom. The van der Waals surface area contributed by atoms with Crippen molar-refractivity contribution >= 4 is 35.3 Å². The molecule has 0 saturated carbocycles. The van der Waals surface area contributed by atoms with Gasteiger partial charge in [-0.3, -0.25) is 0 Å². The van der Waals surface area contributed by atoms with Gasteiger partial charge in [0.1, 0.15) is 0 Å². The fourth-order valence-corrected chi connectivity index (χ4v) is 5.26. The summed E-state index contributed by atoms with van der Waals surface area (Å²) in [5.41, 5.74) is 0. The number of allylic oxidation sites excluding steroid dienone is 3. The van der Waals surface area contributed by atoms with Crippen LogP contribution in [-0.4, -0.2) is 35.3 Å². The molecule has 0 aliphatic heterocycles. The standard InChI is InChI=1S/3C14H26O2.Al/c3*1-2-3-4-5-6-7-8-9-10-11-12-13-14(15)16;/h3*12-13H,2-11H2,1H3,(H,15,16);/q;;;+3/p-3. The number of rotatable bonds is 33. The van der Waals surface area contributed by atoms with E-state index >= 15 is 0 Å². The Labute approximate surface area is 313 Å². The summed E-state index contributed by atoms with van der Waals surface area (Å²) < 4.78 is 0. The van der Waals surface area contributed by atoms with Crippen LogP contribution in [0.2, 0.25) is 0 Å². The van der Waals surface area contributed by atoms with Crippen molar-refractivity contribution < 1.29 is 29.7 Å². The molecule has 49 heavy (non-hydrogen) atoms. The SMILES string of the molecule is CCCCCCCCCCCC=CC(=O)[O-].CCCCCCCCCCCC=CC(=O)[O-].CCCCCCCCCCCC=CC(=O)[O-].[Al+3]. The van der Waals surface area contributed by atoms with Crippen molar-refractivity contribution in [1.29, 1.82) is 0 Å². The minimum atomic E-state index is -1.09. The summed E-state index contributed by atoms with van der Waals surface area (Å²) in [6.45, 7) is 6.71. The van der Waals surface area contributed by atoms with Crippen LogP contribution in [0.1, 0.15) is 213 Å². The van der Waals surface area contributed by atoms with E-state index in [4.69, 9.17) is 0 Å². The zero-order valence-electron chi connectivity index (χ0n) is 32.2. The molecule has 0 rings (SSSR count). The van der Waals surface area contributed by atoms with Crippen molar-refractivity contribution in [1.82, 2.24) is 0 Å². The largest absolute Gasteiger partial charge is 3.00 e. The Kier molecular flexibility index (Phi) is 55.6. The summed E-state index contributed by atoms with van der Waals surface area (Å²) in [4.78, 5) is 30.2. The van der Waals surface area contributed by atoms with Crippen LogP contribution in [-0.2, 0) is 14.4 Å². The molecule has 282 valence electrons. The number of hydrogen-bond donors (Lipinski definition) is 0. The Balaban J connectivity index is -0.000000307. The first-order valence-electron chi connectivity index (χ1n) is 19.9. The smallest absolute Gasteiger partial charge is 0.545 e. The van der Waals surface area contributed by atoms with Crippen molar-refractivity contribution in [2.24, 2.45) is 0 Å². The van der Waals surface area contributed by atoms with Gasteiger partial charge in [-0.05, 0) is 56.8 Å². The third-order valence-corrected chi connectivity index (χ3v) is 8.18. The maximum absolute atomic E-state index is 10.1. The zero-order chi connectivity index (χ0) is 36.2. The van der Waals surface area contributed by atoms with Gasteiger partial charge in [-0.1, -0.05) is 193 Å². The van der Waals surface area contributed by atoms with Crippen LogP contribution >= 0.6 is 0 Å². The van der Waals surface area contributed by atoms with Crippen molar-refractivity contribution in [3.05, 3.63) is 36.5 Å². The van der Waals surface area contributed by atoms with Gasteiger partial charge >= 0.3 is 17.4 Å². The topological polar surface area (TPSA) is 120 Å². The van der Waals surface area contributed by atoms with Gasteiger partial charge in [-0.2, -0.15) is 0 Å². The van der Waals surface area contributed by atoms with Crippen molar-refractivity contribution in [3.8, 4) is 0 Å². The van der Waals surface area contributed by atoms with Crippen LogP contribution in [0.5, 0.6) is 0 Å². The normalized spacial score (nSPS) is 10.8. The molecule has 0 aromatic rings. The van der Waals surface area contributed by atoms with E-state index in [1.54, 1.807) is 18.2 Å². The molecule has 0 aromatic carbocycles. The summed E-state index contributed by atoms with van der Waals surface area (Å²) in [6.07, 6.45) is 46.2. The van der Waals surface area contributed by atoms with E-state index < -0.39 is 17.9 Å².